The van der Waals surface area contributed by atoms with Gasteiger partial charge in [-0.1, -0.05) is 52.3 Å². The molecule has 21 heavy (non-hydrogen) atoms. The van der Waals surface area contributed by atoms with Gasteiger partial charge in [0.15, 0.2) is 0 Å². The molecule has 0 aromatic heterocycles. The van der Waals surface area contributed by atoms with Crippen molar-refractivity contribution in [2.75, 3.05) is 5.32 Å². The SMILES string of the molecule is C=CC1CC1(C(=O)Nc1ccccc1)c1ccc(Br)cc1. The number of allylic oxidation sites excluding steroid dienone is 1. The zero-order valence-corrected chi connectivity index (χ0v) is 13.1. The molecular weight excluding hydrogens is 326 g/mol. The first-order chi connectivity index (χ1) is 10.2. The van der Waals surface area contributed by atoms with E-state index in [9.17, 15) is 4.79 Å². The molecule has 0 radical (unpaired) electrons. The molecule has 1 aliphatic carbocycles. The Morgan fingerprint density at radius 2 is 1.86 bits per heavy atom. The molecule has 106 valence electrons. The number of carbonyl (C=O) groups is 1. The number of carbonyl (C=O) groups excluding carboxylic acids is 1. The van der Waals surface area contributed by atoms with Crippen LogP contribution >= 0.6 is 15.9 Å². The molecule has 0 aliphatic heterocycles. The van der Waals surface area contributed by atoms with Crippen LogP contribution in [0.4, 0.5) is 5.69 Å². The second-order valence-corrected chi connectivity index (χ2v) is 6.26. The third-order valence-electron chi connectivity index (χ3n) is 4.10. The largest absolute Gasteiger partial charge is 0.325 e. The van der Waals surface area contributed by atoms with E-state index in [1.165, 1.54) is 0 Å². The molecule has 2 nitrogen and oxygen atoms in total. The Morgan fingerprint density at radius 3 is 2.43 bits per heavy atom. The van der Waals surface area contributed by atoms with Crippen LogP contribution in [0.3, 0.4) is 0 Å². The average molecular weight is 342 g/mol. The fourth-order valence-electron chi connectivity index (χ4n) is 2.81. The van der Waals surface area contributed by atoms with Gasteiger partial charge < -0.3 is 5.32 Å². The highest BCUT2D eigenvalue weighted by atomic mass is 79.9. The molecule has 1 N–H and O–H groups in total. The summed E-state index contributed by atoms with van der Waals surface area (Å²) in [6, 6.07) is 17.5. The molecule has 1 saturated carbocycles. The molecule has 0 bridgehead atoms. The maximum Gasteiger partial charge on any atom is 0.235 e. The topological polar surface area (TPSA) is 29.1 Å². The summed E-state index contributed by atoms with van der Waals surface area (Å²) in [5.41, 5.74) is 1.40. The van der Waals surface area contributed by atoms with Gasteiger partial charge in [-0.2, -0.15) is 0 Å². The Labute approximate surface area is 133 Å². The second-order valence-electron chi connectivity index (χ2n) is 5.34. The molecular formula is C18H16BrNO. The summed E-state index contributed by atoms with van der Waals surface area (Å²) in [6.45, 7) is 3.86. The third kappa shape index (κ3) is 2.54. The Balaban J connectivity index is 1.90. The molecule has 2 atom stereocenters. The molecule has 1 fully saturated rings. The lowest BCUT2D eigenvalue weighted by atomic mass is 9.92. The van der Waals surface area contributed by atoms with Crippen molar-refractivity contribution in [2.24, 2.45) is 5.92 Å². The number of nitrogens with one attached hydrogen (secondary N) is 1. The summed E-state index contributed by atoms with van der Waals surface area (Å²) < 4.78 is 1.01. The normalized spacial score (nSPS) is 23.4. The molecule has 0 saturated heterocycles. The van der Waals surface area contributed by atoms with Gasteiger partial charge in [-0.25, -0.2) is 0 Å². The van der Waals surface area contributed by atoms with Crippen molar-refractivity contribution in [1.29, 1.82) is 0 Å². The molecule has 0 spiro atoms. The van der Waals surface area contributed by atoms with Crippen LogP contribution in [0.15, 0.2) is 71.7 Å². The van der Waals surface area contributed by atoms with Gasteiger partial charge in [0.05, 0.1) is 5.41 Å². The molecule has 1 aliphatic rings. The van der Waals surface area contributed by atoms with Crippen molar-refractivity contribution >= 4 is 27.5 Å². The van der Waals surface area contributed by atoms with Crippen molar-refractivity contribution < 1.29 is 4.79 Å². The first kappa shape index (κ1) is 14.1. The molecule has 1 amide bonds. The van der Waals surface area contributed by atoms with Crippen molar-refractivity contribution in [1.82, 2.24) is 0 Å². The van der Waals surface area contributed by atoms with Crippen LogP contribution in [0, 0.1) is 5.92 Å². The lowest BCUT2D eigenvalue weighted by Crippen LogP contribution is -2.29. The van der Waals surface area contributed by atoms with E-state index in [-0.39, 0.29) is 11.8 Å². The van der Waals surface area contributed by atoms with Crippen molar-refractivity contribution in [3.05, 3.63) is 77.3 Å². The number of amides is 1. The lowest BCUT2D eigenvalue weighted by molar-refractivity contribution is -0.118. The summed E-state index contributed by atoms with van der Waals surface area (Å²) in [5.74, 6) is 0.239. The van der Waals surface area contributed by atoms with Crippen LogP contribution in [0.25, 0.3) is 0 Å². The number of hydrogen-bond donors (Lipinski definition) is 1. The Morgan fingerprint density at radius 1 is 1.19 bits per heavy atom. The van der Waals surface area contributed by atoms with Crippen LogP contribution in [-0.2, 0) is 10.2 Å². The average Bonchev–Trinajstić information content (AvgIpc) is 3.25. The zero-order valence-electron chi connectivity index (χ0n) is 11.6. The van der Waals surface area contributed by atoms with Gasteiger partial charge >= 0.3 is 0 Å². The van der Waals surface area contributed by atoms with E-state index in [4.69, 9.17) is 0 Å². The van der Waals surface area contributed by atoms with E-state index in [0.29, 0.717) is 0 Å². The maximum absolute atomic E-state index is 12.8. The maximum atomic E-state index is 12.8. The minimum atomic E-state index is -0.474. The van der Waals surface area contributed by atoms with E-state index in [1.54, 1.807) is 0 Å². The van der Waals surface area contributed by atoms with Crippen molar-refractivity contribution in [3.63, 3.8) is 0 Å². The van der Waals surface area contributed by atoms with Gasteiger partial charge in [0.1, 0.15) is 0 Å². The minimum Gasteiger partial charge on any atom is -0.325 e. The summed E-state index contributed by atoms with van der Waals surface area (Å²) in [4.78, 5) is 12.8. The predicted octanol–water partition coefficient (Wildman–Crippen LogP) is 4.53. The number of para-hydroxylation sites is 1. The van der Waals surface area contributed by atoms with Gasteiger partial charge in [0, 0.05) is 10.2 Å². The number of hydrogen-bond acceptors (Lipinski definition) is 1. The quantitative estimate of drug-likeness (QED) is 0.813. The van der Waals surface area contributed by atoms with E-state index < -0.39 is 5.41 Å². The second kappa shape index (κ2) is 5.49. The fourth-order valence-corrected chi connectivity index (χ4v) is 3.07. The molecule has 3 heteroatoms. The molecule has 2 unspecified atom stereocenters. The van der Waals surface area contributed by atoms with E-state index in [1.807, 2.05) is 60.7 Å². The van der Waals surface area contributed by atoms with Crippen LogP contribution in [0.1, 0.15) is 12.0 Å². The van der Waals surface area contributed by atoms with E-state index in [0.717, 1.165) is 22.1 Å². The number of benzene rings is 2. The van der Waals surface area contributed by atoms with Crippen LogP contribution < -0.4 is 5.32 Å². The summed E-state index contributed by atoms with van der Waals surface area (Å²) in [7, 11) is 0. The minimum absolute atomic E-state index is 0.0425. The molecule has 3 rings (SSSR count). The summed E-state index contributed by atoms with van der Waals surface area (Å²) in [5, 5.41) is 3.02. The Bertz CT molecular complexity index is 665. The Kier molecular flexibility index (Phi) is 3.68. The number of anilines is 1. The predicted molar refractivity (Wildman–Crippen MR) is 89.2 cm³/mol. The first-order valence-corrected chi connectivity index (χ1v) is 7.71. The van der Waals surface area contributed by atoms with Gasteiger partial charge in [-0.3, -0.25) is 4.79 Å². The first-order valence-electron chi connectivity index (χ1n) is 6.92. The smallest absolute Gasteiger partial charge is 0.235 e. The molecule has 2 aromatic carbocycles. The van der Waals surface area contributed by atoms with Crippen LogP contribution in [-0.4, -0.2) is 5.91 Å². The number of rotatable bonds is 4. The monoisotopic (exact) mass is 341 g/mol. The van der Waals surface area contributed by atoms with Gasteiger partial charge in [0.2, 0.25) is 5.91 Å². The standard InChI is InChI=1S/C18H16BrNO/c1-2-13-12-18(13,14-8-10-15(19)11-9-14)17(21)20-16-6-4-3-5-7-16/h2-11,13H,1,12H2,(H,20,21). The molecule has 0 heterocycles. The third-order valence-corrected chi connectivity index (χ3v) is 4.62. The van der Waals surface area contributed by atoms with Crippen molar-refractivity contribution in [3.8, 4) is 0 Å². The highest BCUT2D eigenvalue weighted by molar-refractivity contribution is 9.10. The highest BCUT2D eigenvalue weighted by Gasteiger charge is 2.59. The lowest BCUT2D eigenvalue weighted by Gasteiger charge is -2.17. The zero-order chi connectivity index (χ0) is 14.9. The van der Waals surface area contributed by atoms with E-state index >= 15 is 0 Å². The van der Waals surface area contributed by atoms with Crippen LogP contribution in [0.2, 0.25) is 0 Å². The van der Waals surface area contributed by atoms with Gasteiger partial charge in [-0.15, -0.1) is 6.58 Å². The number of halogens is 1. The van der Waals surface area contributed by atoms with Crippen molar-refractivity contribution in [2.45, 2.75) is 11.8 Å². The summed E-state index contributed by atoms with van der Waals surface area (Å²) in [6.07, 6.45) is 2.70. The fraction of sp³-hybridized carbons (Fsp3) is 0.167. The van der Waals surface area contributed by atoms with Gasteiger partial charge in [0.25, 0.3) is 0 Å². The molecule has 2 aromatic rings. The van der Waals surface area contributed by atoms with Gasteiger partial charge in [-0.05, 0) is 42.2 Å². The highest BCUT2D eigenvalue weighted by Crippen LogP contribution is 2.55. The van der Waals surface area contributed by atoms with E-state index in [2.05, 4.69) is 27.8 Å². The summed E-state index contributed by atoms with van der Waals surface area (Å²) >= 11 is 3.43. The van der Waals surface area contributed by atoms with Crippen LogP contribution in [0.5, 0.6) is 0 Å². The Hall–Kier alpha value is -1.87.